The van der Waals surface area contributed by atoms with E-state index in [1.54, 1.807) is 24.3 Å². The molecule has 3 aliphatic rings. The number of Topliss-reactive ketones (excluding diaryl/α,β-unsaturated/α-hetero) is 1. The fraction of sp³-hybridized carbons (Fsp3) is 0.579. The van der Waals surface area contributed by atoms with Crippen molar-refractivity contribution in [3.8, 4) is 5.75 Å². The molecular formula is C19H21ClF3NO4. The lowest BCUT2D eigenvalue weighted by molar-refractivity contribution is -0.215. The quantitative estimate of drug-likeness (QED) is 0.663. The van der Waals surface area contributed by atoms with Crippen molar-refractivity contribution >= 4 is 23.3 Å². The number of carbonyl (C=O) groups excluding carboxylic acids is 2. The Morgan fingerprint density at radius 3 is 2.36 bits per heavy atom. The molecule has 0 heterocycles. The van der Waals surface area contributed by atoms with Crippen LogP contribution in [0.3, 0.4) is 0 Å². The van der Waals surface area contributed by atoms with Crippen molar-refractivity contribution in [1.82, 2.24) is 5.32 Å². The van der Waals surface area contributed by atoms with E-state index in [1.807, 2.05) is 0 Å². The van der Waals surface area contributed by atoms with E-state index in [2.05, 4.69) is 10.1 Å². The third kappa shape index (κ3) is 4.78. The maximum atomic E-state index is 12.4. The molecule has 0 aliphatic heterocycles. The van der Waals surface area contributed by atoms with Gasteiger partial charge in [0, 0.05) is 17.0 Å². The summed E-state index contributed by atoms with van der Waals surface area (Å²) in [5, 5.41) is 3.50. The molecule has 9 heteroatoms. The zero-order chi connectivity index (χ0) is 20.6. The largest absolute Gasteiger partial charge is 0.484 e. The normalized spacial score (nSPS) is 26.6. The van der Waals surface area contributed by atoms with Gasteiger partial charge in [-0.2, -0.15) is 13.2 Å². The van der Waals surface area contributed by atoms with Crippen molar-refractivity contribution in [2.75, 3.05) is 13.2 Å². The lowest BCUT2D eigenvalue weighted by Gasteiger charge is -2.70. The summed E-state index contributed by atoms with van der Waals surface area (Å²) >= 11 is 5.78. The highest BCUT2D eigenvalue weighted by Gasteiger charge is 2.68. The summed E-state index contributed by atoms with van der Waals surface area (Å²) < 4.78 is 47.2. The van der Waals surface area contributed by atoms with Crippen LogP contribution in [0.15, 0.2) is 24.3 Å². The molecule has 28 heavy (non-hydrogen) atoms. The molecule has 1 amide bonds. The minimum Gasteiger partial charge on any atom is -0.484 e. The molecule has 2 bridgehead atoms. The first-order valence-corrected chi connectivity index (χ1v) is 9.28. The number of benzene rings is 1. The highest BCUT2D eigenvalue weighted by atomic mass is 35.5. The van der Waals surface area contributed by atoms with Crippen LogP contribution >= 0.6 is 11.6 Å². The number of nitrogens with one attached hydrogen (secondary N) is 1. The van der Waals surface area contributed by atoms with Crippen LogP contribution in [-0.2, 0) is 14.3 Å². The second-order valence-corrected chi connectivity index (χ2v) is 8.25. The van der Waals surface area contributed by atoms with Gasteiger partial charge in [-0.25, -0.2) is 0 Å². The Balaban J connectivity index is 1.35. The summed E-state index contributed by atoms with van der Waals surface area (Å²) in [6.45, 7) is 0.208. The highest BCUT2D eigenvalue weighted by molar-refractivity contribution is 6.30. The fourth-order valence-corrected chi connectivity index (χ4v) is 4.24. The van der Waals surface area contributed by atoms with Crippen molar-refractivity contribution < 1.29 is 32.2 Å². The van der Waals surface area contributed by atoms with Crippen molar-refractivity contribution in [3.63, 3.8) is 0 Å². The van der Waals surface area contributed by atoms with E-state index in [9.17, 15) is 22.8 Å². The smallest absolute Gasteiger partial charge is 0.414 e. The van der Waals surface area contributed by atoms with Crippen LogP contribution in [0.1, 0.15) is 32.6 Å². The maximum Gasteiger partial charge on any atom is 0.414 e. The van der Waals surface area contributed by atoms with Crippen LogP contribution in [0, 0.1) is 5.41 Å². The molecule has 0 aromatic heterocycles. The summed E-state index contributed by atoms with van der Waals surface area (Å²) in [5.41, 5.74) is -0.535. The molecular weight excluding hydrogens is 399 g/mol. The number of ether oxygens (including phenoxy) is 2. The zero-order valence-electron chi connectivity index (χ0n) is 15.3. The van der Waals surface area contributed by atoms with E-state index < -0.39 is 18.9 Å². The molecule has 1 aromatic rings. The average molecular weight is 420 g/mol. The van der Waals surface area contributed by atoms with Gasteiger partial charge in [-0.05, 0) is 55.9 Å². The van der Waals surface area contributed by atoms with E-state index in [0.29, 0.717) is 30.0 Å². The number of halogens is 4. The molecule has 4 rings (SSSR count). The molecule has 1 aromatic carbocycles. The van der Waals surface area contributed by atoms with Crippen LogP contribution in [0.5, 0.6) is 5.75 Å². The second-order valence-electron chi connectivity index (χ2n) is 7.81. The molecule has 5 nitrogen and oxygen atoms in total. The molecule has 154 valence electrons. The third-order valence-electron chi connectivity index (χ3n) is 5.26. The first-order chi connectivity index (χ1) is 13.0. The Morgan fingerprint density at radius 1 is 1.18 bits per heavy atom. The monoisotopic (exact) mass is 419 g/mol. The average Bonchev–Trinajstić information content (AvgIpc) is 2.55. The Morgan fingerprint density at radius 2 is 1.79 bits per heavy atom. The number of rotatable bonds is 9. The molecule has 0 saturated heterocycles. The predicted octanol–water partition coefficient (Wildman–Crippen LogP) is 3.68. The van der Waals surface area contributed by atoms with Gasteiger partial charge in [0.15, 0.2) is 18.5 Å². The van der Waals surface area contributed by atoms with E-state index >= 15 is 0 Å². The Hall–Kier alpha value is -1.80. The number of ketones is 1. The molecule has 1 unspecified atom stereocenters. The number of alkyl halides is 3. The fourth-order valence-electron chi connectivity index (χ4n) is 4.11. The van der Waals surface area contributed by atoms with E-state index in [4.69, 9.17) is 16.3 Å². The van der Waals surface area contributed by atoms with Crippen LogP contribution < -0.4 is 10.1 Å². The van der Waals surface area contributed by atoms with Gasteiger partial charge in [0.2, 0.25) is 0 Å². The minimum atomic E-state index is -4.47. The lowest BCUT2D eigenvalue weighted by atomic mass is 9.38. The van der Waals surface area contributed by atoms with Gasteiger partial charge in [0.1, 0.15) is 12.4 Å². The third-order valence-corrected chi connectivity index (χ3v) is 5.51. The van der Waals surface area contributed by atoms with Gasteiger partial charge in [0.25, 0.3) is 5.91 Å². The van der Waals surface area contributed by atoms with E-state index in [0.717, 1.165) is 6.92 Å². The molecule has 3 aliphatic carbocycles. The van der Waals surface area contributed by atoms with Gasteiger partial charge in [-0.15, -0.1) is 0 Å². The number of carbonyl (C=O) groups is 2. The first kappa shape index (κ1) is 20.9. The van der Waals surface area contributed by atoms with Crippen molar-refractivity contribution in [1.29, 1.82) is 0 Å². The first-order valence-electron chi connectivity index (χ1n) is 8.90. The number of hydrogen-bond acceptors (Lipinski definition) is 4. The van der Waals surface area contributed by atoms with Crippen LogP contribution in [0.2, 0.25) is 5.02 Å². The van der Waals surface area contributed by atoms with E-state index in [-0.39, 0.29) is 35.7 Å². The Labute approximate surface area is 165 Å². The minimum absolute atomic E-state index is 0.127. The highest BCUT2D eigenvalue weighted by Crippen LogP contribution is 2.69. The second kappa shape index (κ2) is 7.55. The molecule has 3 fully saturated rings. The predicted molar refractivity (Wildman–Crippen MR) is 95.2 cm³/mol. The SMILES string of the molecule is CC(OCC(=O)CC12CC(NC(=O)COc3ccc(Cl)cc3)(C1)C2)C(F)(F)F. The Kier molecular flexibility index (Phi) is 5.64. The van der Waals surface area contributed by atoms with Crippen LogP contribution in [-0.4, -0.2) is 42.7 Å². The van der Waals surface area contributed by atoms with Crippen LogP contribution in [0.4, 0.5) is 13.2 Å². The lowest BCUT2D eigenvalue weighted by Crippen LogP contribution is -2.75. The summed E-state index contributed by atoms with van der Waals surface area (Å²) in [5.74, 6) is -0.0639. The molecule has 0 spiro atoms. The summed E-state index contributed by atoms with van der Waals surface area (Å²) in [7, 11) is 0. The van der Waals surface area contributed by atoms with Crippen molar-refractivity contribution in [2.45, 2.75) is 50.4 Å². The van der Waals surface area contributed by atoms with Crippen LogP contribution in [0.25, 0.3) is 0 Å². The zero-order valence-corrected chi connectivity index (χ0v) is 16.0. The molecule has 3 saturated carbocycles. The van der Waals surface area contributed by atoms with Gasteiger partial charge in [0.05, 0.1) is 0 Å². The van der Waals surface area contributed by atoms with Gasteiger partial charge in [-0.1, -0.05) is 11.6 Å². The van der Waals surface area contributed by atoms with Gasteiger partial charge < -0.3 is 14.8 Å². The summed E-state index contributed by atoms with van der Waals surface area (Å²) in [4.78, 5) is 24.0. The van der Waals surface area contributed by atoms with Gasteiger partial charge >= 0.3 is 6.18 Å². The summed E-state index contributed by atoms with van der Waals surface area (Å²) in [6.07, 6.45) is -4.32. The standard InChI is InChI=1S/C19H21ClF3NO4/c1-12(19(21,22)23)27-7-14(25)6-17-9-18(10-17,11-17)24-16(26)8-28-15-4-2-13(20)3-5-15/h2-5,12H,6-11H2,1H3,(H,24,26). The Bertz CT molecular complexity index is 731. The summed E-state index contributed by atoms with van der Waals surface area (Å²) in [6, 6.07) is 6.66. The number of amides is 1. The van der Waals surface area contributed by atoms with E-state index in [1.165, 1.54) is 0 Å². The molecule has 1 atom stereocenters. The molecule has 0 radical (unpaired) electrons. The maximum absolute atomic E-state index is 12.4. The topological polar surface area (TPSA) is 64.6 Å². The van der Waals surface area contributed by atoms with Gasteiger partial charge in [-0.3, -0.25) is 9.59 Å². The van der Waals surface area contributed by atoms with Crippen molar-refractivity contribution in [3.05, 3.63) is 29.3 Å². The number of hydrogen-bond donors (Lipinski definition) is 1. The molecule has 1 N–H and O–H groups in total. The van der Waals surface area contributed by atoms with Crippen molar-refractivity contribution in [2.24, 2.45) is 5.41 Å².